The monoisotopic (exact) mass is 425 g/mol. The number of ether oxygens (including phenoxy) is 1. The number of carbonyl (C=O) groups excluding carboxylic acids is 2. The highest BCUT2D eigenvalue weighted by Crippen LogP contribution is 2.24. The average Bonchev–Trinajstić information content (AvgIpc) is 3.15. The van der Waals surface area contributed by atoms with Crippen LogP contribution in [-0.4, -0.2) is 49.5 Å². The van der Waals surface area contributed by atoms with E-state index >= 15 is 0 Å². The smallest absolute Gasteiger partial charge is 0.225 e. The summed E-state index contributed by atoms with van der Waals surface area (Å²) in [4.78, 5) is 29.2. The van der Waals surface area contributed by atoms with E-state index in [1.807, 2.05) is 30.3 Å². The molecule has 2 aliphatic rings. The first kappa shape index (κ1) is 21.2. The van der Waals surface area contributed by atoms with E-state index in [1.165, 1.54) is 12.1 Å². The number of amides is 2. The largest absolute Gasteiger partial charge is 0.497 e. The quantitative estimate of drug-likeness (QED) is 0.773. The molecule has 2 heterocycles. The van der Waals surface area contributed by atoms with E-state index in [-0.39, 0.29) is 36.0 Å². The van der Waals surface area contributed by atoms with Crippen molar-refractivity contribution in [1.82, 2.24) is 10.2 Å². The Labute approximate surface area is 182 Å². The van der Waals surface area contributed by atoms with Crippen LogP contribution in [0.1, 0.15) is 24.8 Å². The van der Waals surface area contributed by atoms with Gasteiger partial charge in [-0.15, -0.1) is 0 Å². The molecule has 0 aliphatic carbocycles. The second kappa shape index (κ2) is 9.37. The maximum atomic E-state index is 13.6. The topological polar surface area (TPSA) is 61.9 Å². The predicted octanol–water partition coefficient (Wildman–Crippen LogP) is 2.97. The van der Waals surface area contributed by atoms with Gasteiger partial charge in [-0.2, -0.15) is 0 Å². The fraction of sp³-hybridized carbons (Fsp3) is 0.417. The standard InChI is InChI=1S/C24H28FN3O3/c1-31-22-9-7-17(8-10-22)14-28-15-18(12-23(28)29)24(30)26-20-5-3-11-27(16-20)21-6-2-4-19(25)13-21/h2,4,6-10,13,18,20H,3,5,11-12,14-16H2,1H3,(H,26,30). The minimum absolute atomic E-state index is 0.000925. The highest BCUT2D eigenvalue weighted by Gasteiger charge is 2.35. The minimum Gasteiger partial charge on any atom is -0.497 e. The third kappa shape index (κ3) is 5.16. The molecule has 2 saturated heterocycles. The van der Waals surface area contributed by atoms with Gasteiger partial charge in [-0.3, -0.25) is 9.59 Å². The van der Waals surface area contributed by atoms with Crippen LogP contribution in [0.5, 0.6) is 5.75 Å². The number of carbonyl (C=O) groups is 2. The molecule has 0 aromatic heterocycles. The molecular weight excluding hydrogens is 397 g/mol. The van der Waals surface area contributed by atoms with Gasteiger partial charge in [0.25, 0.3) is 0 Å². The molecule has 2 atom stereocenters. The molecule has 0 radical (unpaired) electrons. The summed E-state index contributed by atoms with van der Waals surface area (Å²) in [6.07, 6.45) is 2.05. The molecule has 2 aromatic rings. The number of nitrogens with one attached hydrogen (secondary N) is 1. The van der Waals surface area contributed by atoms with E-state index in [0.717, 1.165) is 36.4 Å². The van der Waals surface area contributed by atoms with E-state index in [4.69, 9.17) is 4.74 Å². The van der Waals surface area contributed by atoms with E-state index in [1.54, 1.807) is 18.1 Å². The average molecular weight is 426 g/mol. The molecule has 0 saturated carbocycles. The summed E-state index contributed by atoms with van der Waals surface area (Å²) in [6, 6.07) is 14.1. The molecule has 2 unspecified atom stereocenters. The Morgan fingerprint density at radius 3 is 2.74 bits per heavy atom. The van der Waals surface area contributed by atoms with Crippen LogP contribution >= 0.6 is 0 Å². The number of likely N-dealkylation sites (tertiary alicyclic amines) is 1. The van der Waals surface area contributed by atoms with E-state index < -0.39 is 0 Å². The molecule has 2 amide bonds. The number of anilines is 1. The number of piperidine rings is 1. The second-order valence-electron chi connectivity index (χ2n) is 8.30. The van der Waals surface area contributed by atoms with E-state index in [0.29, 0.717) is 19.6 Å². The van der Waals surface area contributed by atoms with Gasteiger partial charge in [0.05, 0.1) is 13.0 Å². The Morgan fingerprint density at radius 1 is 1.19 bits per heavy atom. The van der Waals surface area contributed by atoms with Crippen molar-refractivity contribution in [3.05, 3.63) is 59.9 Å². The summed E-state index contributed by atoms with van der Waals surface area (Å²) >= 11 is 0. The first-order valence-corrected chi connectivity index (χ1v) is 10.7. The lowest BCUT2D eigenvalue weighted by Gasteiger charge is -2.35. The lowest BCUT2D eigenvalue weighted by Crippen LogP contribution is -2.49. The first-order valence-electron chi connectivity index (χ1n) is 10.7. The van der Waals surface area contributed by atoms with Gasteiger partial charge in [0.15, 0.2) is 0 Å². The van der Waals surface area contributed by atoms with Gasteiger partial charge in [-0.05, 0) is 48.7 Å². The van der Waals surface area contributed by atoms with Crippen molar-refractivity contribution in [2.45, 2.75) is 31.8 Å². The SMILES string of the molecule is COc1ccc(CN2CC(C(=O)NC3CCCN(c4cccc(F)c4)C3)CC2=O)cc1. The number of halogens is 1. The van der Waals surface area contributed by atoms with Gasteiger partial charge in [-0.25, -0.2) is 4.39 Å². The molecule has 2 aliphatic heterocycles. The lowest BCUT2D eigenvalue weighted by molar-refractivity contribution is -0.129. The number of benzene rings is 2. The van der Waals surface area contributed by atoms with Crippen LogP contribution in [0.15, 0.2) is 48.5 Å². The molecule has 2 fully saturated rings. The third-order valence-corrected chi connectivity index (χ3v) is 6.06. The number of hydrogen-bond donors (Lipinski definition) is 1. The predicted molar refractivity (Wildman–Crippen MR) is 116 cm³/mol. The van der Waals surface area contributed by atoms with E-state index in [9.17, 15) is 14.0 Å². The maximum absolute atomic E-state index is 13.6. The van der Waals surface area contributed by atoms with Gasteiger partial charge in [-0.1, -0.05) is 18.2 Å². The Kier molecular flexibility index (Phi) is 6.39. The molecular formula is C24H28FN3O3. The first-order chi connectivity index (χ1) is 15.0. The van der Waals surface area contributed by atoms with Gasteiger partial charge in [0.1, 0.15) is 11.6 Å². The zero-order valence-corrected chi connectivity index (χ0v) is 17.7. The van der Waals surface area contributed by atoms with Crippen molar-refractivity contribution < 1.29 is 18.7 Å². The summed E-state index contributed by atoms with van der Waals surface area (Å²) in [6.45, 7) is 2.40. The van der Waals surface area contributed by atoms with Crippen molar-refractivity contribution >= 4 is 17.5 Å². The van der Waals surface area contributed by atoms with Crippen LogP contribution in [0.4, 0.5) is 10.1 Å². The van der Waals surface area contributed by atoms with Crippen LogP contribution in [0, 0.1) is 11.7 Å². The second-order valence-corrected chi connectivity index (χ2v) is 8.30. The molecule has 0 spiro atoms. The van der Waals surface area contributed by atoms with Crippen LogP contribution < -0.4 is 15.0 Å². The van der Waals surface area contributed by atoms with Crippen LogP contribution in [0.25, 0.3) is 0 Å². The van der Waals surface area contributed by atoms with Gasteiger partial charge >= 0.3 is 0 Å². The molecule has 1 N–H and O–H groups in total. The molecule has 7 heteroatoms. The Hall–Kier alpha value is -3.09. The van der Waals surface area contributed by atoms with Crippen LogP contribution in [0.2, 0.25) is 0 Å². The van der Waals surface area contributed by atoms with Crippen molar-refractivity contribution in [3.63, 3.8) is 0 Å². The van der Waals surface area contributed by atoms with Gasteiger partial charge < -0.3 is 19.9 Å². The lowest BCUT2D eigenvalue weighted by atomic mass is 10.0. The summed E-state index contributed by atoms with van der Waals surface area (Å²) in [5.74, 6) is 0.103. The maximum Gasteiger partial charge on any atom is 0.225 e. The Bertz CT molecular complexity index is 934. The normalized spacial score (nSPS) is 21.3. The Balaban J connectivity index is 1.31. The number of methoxy groups -OCH3 is 1. The molecule has 4 rings (SSSR count). The number of nitrogens with zero attached hydrogens (tertiary/aromatic N) is 2. The minimum atomic E-state index is -0.338. The molecule has 164 valence electrons. The zero-order chi connectivity index (χ0) is 21.8. The Morgan fingerprint density at radius 2 is 2.00 bits per heavy atom. The van der Waals surface area contributed by atoms with Crippen LogP contribution in [0.3, 0.4) is 0 Å². The van der Waals surface area contributed by atoms with E-state index in [2.05, 4.69) is 10.2 Å². The number of rotatable bonds is 6. The third-order valence-electron chi connectivity index (χ3n) is 6.06. The van der Waals surface area contributed by atoms with Gasteiger partial charge in [0.2, 0.25) is 11.8 Å². The fourth-order valence-electron chi connectivity index (χ4n) is 4.37. The molecule has 2 aromatic carbocycles. The fourth-order valence-corrected chi connectivity index (χ4v) is 4.37. The summed E-state index contributed by atoms with van der Waals surface area (Å²) < 4.78 is 18.7. The summed E-state index contributed by atoms with van der Waals surface area (Å²) in [5, 5.41) is 3.13. The van der Waals surface area contributed by atoms with Gasteiger partial charge in [0, 0.05) is 44.3 Å². The molecule has 6 nitrogen and oxygen atoms in total. The highest BCUT2D eigenvalue weighted by molar-refractivity contribution is 5.89. The van der Waals surface area contributed by atoms with Crippen molar-refractivity contribution in [2.75, 3.05) is 31.6 Å². The zero-order valence-electron chi connectivity index (χ0n) is 17.7. The van der Waals surface area contributed by atoms with Crippen molar-refractivity contribution in [2.24, 2.45) is 5.92 Å². The highest BCUT2D eigenvalue weighted by atomic mass is 19.1. The summed E-state index contributed by atoms with van der Waals surface area (Å²) in [7, 11) is 1.62. The molecule has 31 heavy (non-hydrogen) atoms. The van der Waals surface area contributed by atoms with Crippen molar-refractivity contribution in [1.29, 1.82) is 0 Å². The van der Waals surface area contributed by atoms with Crippen molar-refractivity contribution in [3.8, 4) is 5.75 Å². The molecule has 0 bridgehead atoms. The number of hydrogen-bond acceptors (Lipinski definition) is 4. The van der Waals surface area contributed by atoms with Crippen LogP contribution in [-0.2, 0) is 16.1 Å². The summed E-state index contributed by atoms with van der Waals surface area (Å²) in [5.41, 5.74) is 1.84.